The van der Waals surface area contributed by atoms with Crippen molar-refractivity contribution < 1.29 is 13.6 Å². The molecule has 0 aliphatic heterocycles. The van der Waals surface area contributed by atoms with Crippen LogP contribution in [0, 0.1) is 11.6 Å². The summed E-state index contributed by atoms with van der Waals surface area (Å²) in [5.41, 5.74) is 2.11. The summed E-state index contributed by atoms with van der Waals surface area (Å²) in [6.45, 7) is 1.09. The second-order valence-corrected chi connectivity index (χ2v) is 5.94. The first-order valence-corrected chi connectivity index (χ1v) is 8.73. The molecule has 2 rings (SSSR count). The van der Waals surface area contributed by atoms with Crippen molar-refractivity contribution in [3.8, 4) is 0 Å². The topological polar surface area (TPSA) is 65.5 Å². The van der Waals surface area contributed by atoms with Gasteiger partial charge in [-0.25, -0.2) is 8.78 Å². The van der Waals surface area contributed by atoms with Crippen LogP contribution in [0.3, 0.4) is 0 Å². The molecule has 28 heavy (non-hydrogen) atoms. The highest BCUT2D eigenvalue weighted by Gasteiger charge is 2.06. The van der Waals surface area contributed by atoms with E-state index in [4.69, 9.17) is 0 Å². The number of nitrogens with one attached hydrogen (secondary N) is 3. The van der Waals surface area contributed by atoms with Gasteiger partial charge in [0.05, 0.1) is 0 Å². The smallest absolute Gasteiger partial charge is 0.251 e. The Morgan fingerprint density at radius 3 is 2.39 bits per heavy atom. The van der Waals surface area contributed by atoms with E-state index in [1.54, 1.807) is 20.2 Å². The molecule has 0 saturated heterocycles. The van der Waals surface area contributed by atoms with Crippen molar-refractivity contribution in [2.75, 3.05) is 27.2 Å². The Balaban J connectivity index is 0.00000392. The molecular weight excluding hydrogens is 477 g/mol. The fraction of sp³-hybridized carbons (Fsp3) is 0.300. The lowest BCUT2D eigenvalue weighted by Crippen LogP contribution is -2.39. The number of hydrogen-bond donors (Lipinski definition) is 3. The SMILES string of the molecule is CN=C(NCCc1cccc(C(=O)NC)c1)NCCc1ccc(F)cc1F.I. The Bertz CT molecular complexity index is 815. The van der Waals surface area contributed by atoms with Crippen LogP contribution < -0.4 is 16.0 Å². The second kappa shape index (κ2) is 12.3. The summed E-state index contributed by atoms with van der Waals surface area (Å²) in [6, 6.07) is 11.0. The fourth-order valence-corrected chi connectivity index (χ4v) is 2.60. The first-order valence-electron chi connectivity index (χ1n) is 8.73. The van der Waals surface area contributed by atoms with Crippen molar-refractivity contribution in [1.82, 2.24) is 16.0 Å². The Morgan fingerprint density at radius 2 is 1.75 bits per heavy atom. The van der Waals surface area contributed by atoms with Gasteiger partial charge in [0.2, 0.25) is 0 Å². The zero-order chi connectivity index (χ0) is 19.6. The summed E-state index contributed by atoms with van der Waals surface area (Å²) in [6.07, 6.45) is 1.14. The van der Waals surface area contributed by atoms with Gasteiger partial charge in [0.1, 0.15) is 11.6 Å². The van der Waals surface area contributed by atoms with Crippen LogP contribution in [0.2, 0.25) is 0 Å². The zero-order valence-electron chi connectivity index (χ0n) is 15.9. The number of benzene rings is 2. The largest absolute Gasteiger partial charge is 0.356 e. The van der Waals surface area contributed by atoms with E-state index in [1.165, 1.54) is 12.1 Å². The van der Waals surface area contributed by atoms with Crippen molar-refractivity contribution in [3.63, 3.8) is 0 Å². The molecule has 0 aromatic heterocycles. The van der Waals surface area contributed by atoms with Crippen LogP contribution in [0.1, 0.15) is 21.5 Å². The van der Waals surface area contributed by atoms with E-state index in [0.29, 0.717) is 36.6 Å². The van der Waals surface area contributed by atoms with Gasteiger partial charge in [-0.15, -0.1) is 24.0 Å². The molecule has 0 spiro atoms. The molecule has 0 heterocycles. The number of carbonyl (C=O) groups is 1. The molecule has 0 bridgehead atoms. The van der Waals surface area contributed by atoms with E-state index in [9.17, 15) is 13.6 Å². The van der Waals surface area contributed by atoms with E-state index < -0.39 is 11.6 Å². The van der Waals surface area contributed by atoms with Crippen LogP contribution in [0.15, 0.2) is 47.5 Å². The average molecular weight is 502 g/mol. The number of amides is 1. The predicted octanol–water partition coefficient (Wildman–Crippen LogP) is 2.89. The minimum absolute atomic E-state index is 0. The lowest BCUT2D eigenvalue weighted by Gasteiger charge is -2.12. The van der Waals surface area contributed by atoms with Crippen molar-refractivity contribution in [3.05, 3.63) is 70.8 Å². The summed E-state index contributed by atoms with van der Waals surface area (Å²) < 4.78 is 26.5. The molecule has 5 nitrogen and oxygen atoms in total. The van der Waals surface area contributed by atoms with Gasteiger partial charge < -0.3 is 16.0 Å². The number of hydrogen-bond acceptors (Lipinski definition) is 2. The zero-order valence-corrected chi connectivity index (χ0v) is 18.2. The summed E-state index contributed by atoms with van der Waals surface area (Å²) in [5.74, 6) is -0.645. The van der Waals surface area contributed by atoms with Crippen LogP contribution in [0.5, 0.6) is 0 Å². The molecule has 0 aliphatic carbocycles. The van der Waals surface area contributed by atoms with Crippen molar-refractivity contribution in [1.29, 1.82) is 0 Å². The van der Waals surface area contributed by atoms with Crippen molar-refractivity contribution in [2.24, 2.45) is 4.99 Å². The minimum Gasteiger partial charge on any atom is -0.356 e. The van der Waals surface area contributed by atoms with Gasteiger partial charge in [-0.1, -0.05) is 18.2 Å². The molecule has 152 valence electrons. The maximum atomic E-state index is 13.6. The second-order valence-electron chi connectivity index (χ2n) is 5.94. The Morgan fingerprint density at radius 1 is 1.04 bits per heavy atom. The molecule has 3 N–H and O–H groups in total. The maximum absolute atomic E-state index is 13.6. The van der Waals surface area contributed by atoms with Crippen LogP contribution in [0.4, 0.5) is 8.78 Å². The van der Waals surface area contributed by atoms with Crippen molar-refractivity contribution in [2.45, 2.75) is 12.8 Å². The lowest BCUT2D eigenvalue weighted by molar-refractivity contribution is 0.0963. The molecular formula is C20H25F2IN4O. The molecule has 0 atom stereocenters. The minimum atomic E-state index is -0.581. The van der Waals surface area contributed by atoms with Crippen LogP contribution >= 0.6 is 24.0 Å². The quantitative estimate of drug-likeness (QED) is 0.310. The van der Waals surface area contributed by atoms with Crippen LogP contribution in [0.25, 0.3) is 0 Å². The van der Waals surface area contributed by atoms with E-state index in [2.05, 4.69) is 20.9 Å². The first-order chi connectivity index (χ1) is 13.0. The summed E-state index contributed by atoms with van der Waals surface area (Å²) in [4.78, 5) is 15.8. The fourth-order valence-electron chi connectivity index (χ4n) is 2.60. The molecule has 0 fully saturated rings. The highest BCUT2D eigenvalue weighted by molar-refractivity contribution is 14.0. The molecule has 2 aromatic rings. The van der Waals surface area contributed by atoms with Gasteiger partial charge in [0.15, 0.2) is 5.96 Å². The third-order valence-electron chi connectivity index (χ3n) is 4.05. The molecule has 0 saturated carbocycles. The van der Waals surface area contributed by atoms with Gasteiger partial charge in [0, 0.05) is 38.8 Å². The molecule has 0 unspecified atom stereocenters. The number of rotatable bonds is 7. The van der Waals surface area contributed by atoms with Crippen LogP contribution in [-0.4, -0.2) is 39.1 Å². The number of halogens is 3. The van der Waals surface area contributed by atoms with Crippen molar-refractivity contribution >= 4 is 35.8 Å². The Kier molecular flexibility index (Phi) is 10.4. The Hall–Kier alpha value is -2.23. The number of nitrogens with zero attached hydrogens (tertiary/aromatic N) is 1. The van der Waals surface area contributed by atoms with Gasteiger partial charge >= 0.3 is 0 Å². The molecule has 8 heteroatoms. The predicted molar refractivity (Wildman–Crippen MR) is 118 cm³/mol. The Labute approximate surface area is 181 Å². The molecule has 1 amide bonds. The number of guanidine groups is 1. The molecule has 2 aromatic carbocycles. The van der Waals surface area contributed by atoms with E-state index in [-0.39, 0.29) is 29.9 Å². The highest BCUT2D eigenvalue weighted by atomic mass is 127. The normalized spacial score (nSPS) is 10.8. The van der Waals surface area contributed by atoms with Gasteiger partial charge in [-0.2, -0.15) is 0 Å². The standard InChI is InChI=1S/C20H24F2N4O.HI/c1-23-19(27)16-5-3-4-14(12-16)8-10-25-20(24-2)26-11-9-15-6-7-17(21)13-18(15)22;/h3-7,12-13H,8-11H2,1-2H3,(H,23,27)(H2,24,25,26);1H. The monoisotopic (exact) mass is 502 g/mol. The first kappa shape index (κ1) is 23.8. The summed E-state index contributed by atoms with van der Waals surface area (Å²) >= 11 is 0. The average Bonchev–Trinajstić information content (AvgIpc) is 2.68. The van der Waals surface area contributed by atoms with E-state index >= 15 is 0 Å². The maximum Gasteiger partial charge on any atom is 0.251 e. The van der Waals surface area contributed by atoms with Gasteiger partial charge in [-0.05, 0) is 42.2 Å². The van der Waals surface area contributed by atoms with Gasteiger partial charge in [-0.3, -0.25) is 9.79 Å². The van der Waals surface area contributed by atoms with Crippen LogP contribution in [-0.2, 0) is 12.8 Å². The summed E-state index contributed by atoms with van der Waals surface area (Å²) in [7, 11) is 3.25. The van der Waals surface area contributed by atoms with E-state index in [0.717, 1.165) is 18.1 Å². The summed E-state index contributed by atoms with van der Waals surface area (Å²) in [5, 5.41) is 8.88. The van der Waals surface area contributed by atoms with Gasteiger partial charge in [0.25, 0.3) is 5.91 Å². The molecule has 0 radical (unpaired) electrons. The number of carbonyl (C=O) groups excluding carboxylic acids is 1. The third-order valence-corrected chi connectivity index (χ3v) is 4.05. The lowest BCUT2D eigenvalue weighted by atomic mass is 10.1. The number of aliphatic imine (C=N–C) groups is 1. The van der Waals surface area contributed by atoms with E-state index in [1.807, 2.05) is 18.2 Å². The third kappa shape index (κ3) is 7.41. The highest BCUT2D eigenvalue weighted by Crippen LogP contribution is 2.09. The molecule has 0 aliphatic rings.